The van der Waals surface area contributed by atoms with Crippen LogP contribution in [0.4, 0.5) is 0 Å². The highest BCUT2D eigenvalue weighted by atomic mass is 127. The Kier molecular flexibility index (Phi) is 11.4. The first-order valence-corrected chi connectivity index (χ1v) is 9.07. The van der Waals surface area contributed by atoms with E-state index in [1.807, 2.05) is 48.5 Å². The second-order valence-electron chi connectivity index (χ2n) is 5.85. The van der Waals surface area contributed by atoms with Gasteiger partial charge in [-0.3, -0.25) is 9.79 Å². The zero-order valence-electron chi connectivity index (χ0n) is 16.0. The number of rotatable bonds is 8. The third kappa shape index (κ3) is 8.79. The molecule has 2 aromatic rings. The minimum absolute atomic E-state index is 0. The van der Waals surface area contributed by atoms with Gasteiger partial charge in [0.1, 0.15) is 5.75 Å². The SMILES string of the molecule is CN=C(NCCc1ccc(Cl)cc1)NCC(=O)NCc1ccc(OC)cc1.I. The molecule has 0 bridgehead atoms. The van der Waals surface area contributed by atoms with E-state index in [9.17, 15) is 4.79 Å². The second-order valence-corrected chi connectivity index (χ2v) is 6.29. The molecule has 0 radical (unpaired) electrons. The van der Waals surface area contributed by atoms with Crippen LogP contribution in [0, 0.1) is 0 Å². The summed E-state index contributed by atoms with van der Waals surface area (Å²) in [4.78, 5) is 16.1. The van der Waals surface area contributed by atoms with Crippen molar-refractivity contribution in [1.29, 1.82) is 0 Å². The lowest BCUT2D eigenvalue weighted by Crippen LogP contribution is -2.43. The van der Waals surface area contributed by atoms with Crippen LogP contribution in [-0.2, 0) is 17.8 Å². The lowest BCUT2D eigenvalue weighted by atomic mass is 10.1. The third-order valence-electron chi connectivity index (χ3n) is 3.91. The summed E-state index contributed by atoms with van der Waals surface area (Å²) < 4.78 is 5.11. The van der Waals surface area contributed by atoms with E-state index in [4.69, 9.17) is 16.3 Å². The number of guanidine groups is 1. The molecule has 0 aliphatic carbocycles. The predicted molar refractivity (Wildman–Crippen MR) is 125 cm³/mol. The maximum atomic E-state index is 12.0. The van der Waals surface area contributed by atoms with Crippen molar-refractivity contribution < 1.29 is 9.53 Å². The lowest BCUT2D eigenvalue weighted by molar-refractivity contribution is -0.120. The standard InChI is InChI=1S/C20H25ClN4O2.HI/c1-22-20(23-12-11-15-3-7-17(21)8-4-15)25-14-19(26)24-13-16-5-9-18(27-2)10-6-16;/h3-10H,11-14H2,1-2H3,(H,24,26)(H2,22,23,25);1H. The third-order valence-corrected chi connectivity index (χ3v) is 4.16. The molecule has 6 nitrogen and oxygen atoms in total. The minimum Gasteiger partial charge on any atom is -0.497 e. The van der Waals surface area contributed by atoms with Gasteiger partial charge in [-0.15, -0.1) is 24.0 Å². The largest absolute Gasteiger partial charge is 0.497 e. The molecule has 2 aromatic carbocycles. The van der Waals surface area contributed by atoms with Gasteiger partial charge >= 0.3 is 0 Å². The fourth-order valence-electron chi connectivity index (χ4n) is 2.37. The molecule has 2 rings (SSSR count). The number of hydrogen-bond donors (Lipinski definition) is 3. The number of nitrogens with one attached hydrogen (secondary N) is 3. The predicted octanol–water partition coefficient (Wildman–Crippen LogP) is 2.99. The minimum atomic E-state index is -0.105. The molecular formula is C20H26ClIN4O2. The van der Waals surface area contributed by atoms with E-state index in [-0.39, 0.29) is 36.4 Å². The number of benzene rings is 2. The van der Waals surface area contributed by atoms with Crippen LogP contribution in [0.25, 0.3) is 0 Å². The van der Waals surface area contributed by atoms with Crippen LogP contribution >= 0.6 is 35.6 Å². The molecular weight excluding hydrogens is 491 g/mol. The molecule has 0 aromatic heterocycles. The average Bonchev–Trinajstić information content (AvgIpc) is 2.70. The van der Waals surface area contributed by atoms with Gasteiger partial charge in [-0.2, -0.15) is 0 Å². The molecule has 152 valence electrons. The lowest BCUT2D eigenvalue weighted by Gasteiger charge is -2.12. The number of hydrogen-bond acceptors (Lipinski definition) is 3. The molecule has 28 heavy (non-hydrogen) atoms. The van der Waals surface area contributed by atoms with Gasteiger partial charge in [0.2, 0.25) is 5.91 Å². The number of aliphatic imine (C=N–C) groups is 1. The first kappa shape index (κ1) is 24.0. The maximum absolute atomic E-state index is 12.0. The quantitative estimate of drug-likeness (QED) is 0.287. The van der Waals surface area contributed by atoms with Gasteiger partial charge in [0.15, 0.2) is 5.96 Å². The van der Waals surface area contributed by atoms with Gasteiger partial charge in [0.25, 0.3) is 0 Å². The molecule has 0 saturated carbocycles. The van der Waals surface area contributed by atoms with Crippen molar-refractivity contribution in [3.63, 3.8) is 0 Å². The molecule has 0 fully saturated rings. The normalized spacial score (nSPS) is 10.6. The van der Waals surface area contributed by atoms with Crippen molar-refractivity contribution in [3.8, 4) is 5.75 Å². The summed E-state index contributed by atoms with van der Waals surface area (Å²) in [6.45, 7) is 1.32. The first-order valence-electron chi connectivity index (χ1n) is 8.69. The molecule has 8 heteroatoms. The van der Waals surface area contributed by atoms with Gasteiger partial charge in [-0.1, -0.05) is 35.9 Å². The van der Waals surface area contributed by atoms with Gasteiger partial charge in [-0.05, 0) is 41.8 Å². The van der Waals surface area contributed by atoms with E-state index in [0.717, 1.165) is 22.8 Å². The zero-order chi connectivity index (χ0) is 19.5. The van der Waals surface area contributed by atoms with E-state index in [2.05, 4.69) is 20.9 Å². The molecule has 0 atom stereocenters. The Balaban J connectivity index is 0.00000392. The Bertz CT molecular complexity index is 752. The molecule has 0 unspecified atom stereocenters. The van der Waals surface area contributed by atoms with Crippen molar-refractivity contribution in [2.45, 2.75) is 13.0 Å². The van der Waals surface area contributed by atoms with Crippen LogP contribution < -0.4 is 20.7 Å². The van der Waals surface area contributed by atoms with Gasteiger partial charge in [0.05, 0.1) is 13.7 Å². The highest BCUT2D eigenvalue weighted by Gasteiger charge is 2.04. The number of carbonyl (C=O) groups excluding carboxylic acids is 1. The summed E-state index contributed by atoms with van der Waals surface area (Å²) in [6, 6.07) is 15.3. The van der Waals surface area contributed by atoms with Crippen LogP contribution in [-0.4, -0.2) is 39.1 Å². The number of amides is 1. The van der Waals surface area contributed by atoms with Gasteiger partial charge < -0.3 is 20.7 Å². The summed E-state index contributed by atoms with van der Waals surface area (Å²) in [5.41, 5.74) is 2.19. The fourth-order valence-corrected chi connectivity index (χ4v) is 2.49. The first-order chi connectivity index (χ1) is 13.1. The van der Waals surface area contributed by atoms with Crippen molar-refractivity contribution >= 4 is 47.4 Å². The number of ether oxygens (including phenoxy) is 1. The topological polar surface area (TPSA) is 74.8 Å². The highest BCUT2D eigenvalue weighted by Crippen LogP contribution is 2.11. The summed E-state index contributed by atoms with van der Waals surface area (Å²) in [5.74, 6) is 1.27. The molecule has 0 heterocycles. The van der Waals surface area contributed by atoms with Gasteiger partial charge in [0, 0.05) is 25.2 Å². The Hall–Kier alpha value is -2.00. The molecule has 0 aliphatic rings. The van der Waals surface area contributed by atoms with E-state index < -0.39 is 0 Å². The van der Waals surface area contributed by atoms with E-state index in [0.29, 0.717) is 19.0 Å². The van der Waals surface area contributed by atoms with E-state index in [1.165, 1.54) is 5.56 Å². The second kappa shape index (κ2) is 13.2. The molecule has 0 aliphatic heterocycles. The summed E-state index contributed by atoms with van der Waals surface area (Å²) in [7, 11) is 3.30. The van der Waals surface area contributed by atoms with Crippen molar-refractivity contribution in [2.75, 3.05) is 27.2 Å². The van der Waals surface area contributed by atoms with Crippen LogP contribution in [0.2, 0.25) is 5.02 Å². The smallest absolute Gasteiger partial charge is 0.239 e. The number of nitrogens with zero attached hydrogens (tertiary/aromatic N) is 1. The Labute approximate surface area is 188 Å². The fraction of sp³-hybridized carbons (Fsp3) is 0.300. The molecule has 3 N–H and O–H groups in total. The number of halogens is 2. The Morgan fingerprint density at radius 1 is 1.00 bits per heavy atom. The van der Waals surface area contributed by atoms with Gasteiger partial charge in [-0.25, -0.2) is 0 Å². The molecule has 1 amide bonds. The van der Waals surface area contributed by atoms with Crippen LogP contribution in [0.5, 0.6) is 5.75 Å². The Morgan fingerprint density at radius 2 is 1.64 bits per heavy atom. The maximum Gasteiger partial charge on any atom is 0.239 e. The zero-order valence-corrected chi connectivity index (χ0v) is 19.1. The van der Waals surface area contributed by atoms with Crippen LogP contribution in [0.15, 0.2) is 53.5 Å². The number of methoxy groups -OCH3 is 1. The monoisotopic (exact) mass is 516 g/mol. The average molecular weight is 517 g/mol. The highest BCUT2D eigenvalue weighted by molar-refractivity contribution is 14.0. The molecule has 0 spiro atoms. The molecule has 0 saturated heterocycles. The van der Waals surface area contributed by atoms with Crippen molar-refractivity contribution in [3.05, 3.63) is 64.7 Å². The number of carbonyl (C=O) groups is 1. The van der Waals surface area contributed by atoms with Crippen LogP contribution in [0.1, 0.15) is 11.1 Å². The summed E-state index contributed by atoms with van der Waals surface area (Å²) in [6.07, 6.45) is 0.835. The van der Waals surface area contributed by atoms with Crippen molar-refractivity contribution in [2.24, 2.45) is 4.99 Å². The Morgan fingerprint density at radius 3 is 2.25 bits per heavy atom. The van der Waals surface area contributed by atoms with E-state index >= 15 is 0 Å². The van der Waals surface area contributed by atoms with Crippen LogP contribution in [0.3, 0.4) is 0 Å². The summed E-state index contributed by atoms with van der Waals surface area (Å²) >= 11 is 5.88. The summed E-state index contributed by atoms with van der Waals surface area (Å²) in [5, 5.41) is 9.78. The van der Waals surface area contributed by atoms with Crippen molar-refractivity contribution in [1.82, 2.24) is 16.0 Å². The van der Waals surface area contributed by atoms with E-state index in [1.54, 1.807) is 14.2 Å².